The van der Waals surface area contributed by atoms with Crippen LogP contribution in [0.5, 0.6) is 0 Å². The molecule has 0 aliphatic carbocycles. The summed E-state index contributed by atoms with van der Waals surface area (Å²) in [6.07, 6.45) is 1.65. The Balaban J connectivity index is 1.77. The van der Waals surface area contributed by atoms with Crippen LogP contribution in [0.4, 0.5) is 5.69 Å². The molecule has 1 N–H and O–H groups in total. The Bertz CT molecular complexity index is 1090. The van der Waals surface area contributed by atoms with Gasteiger partial charge in [-0.15, -0.1) is 0 Å². The van der Waals surface area contributed by atoms with Crippen LogP contribution in [0.3, 0.4) is 0 Å². The van der Waals surface area contributed by atoms with E-state index in [1.165, 1.54) is 4.31 Å². The number of hydrogen-bond donors (Lipinski definition) is 1. The molecule has 0 spiro atoms. The number of oxazole rings is 1. The summed E-state index contributed by atoms with van der Waals surface area (Å²) in [5.41, 5.74) is 2.24. The number of halogens is 1. The van der Waals surface area contributed by atoms with Gasteiger partial charge in [-0.2, -0.15) is 4.31 Å². The van der Waals surface area contributed by atoms with Crippen molar-refractivity contribution in [1.82, 2.24) is 9.29 Å². The fourth-order valence-corrected chi connectivity index (χ4v) is 4.93. The van der Waals surface area contributed by atoms with E-state index < -0.39 is 10.0 Å². The number of benzene rings is 2. The number of nitrogens with zero attached hydrogens (tertiary/aromatic N) is 2. The summed E-state index contributed by atoms with van der Waals surface area (Å²) in [5.74, 6) is 1.12. The third kappa shape index (κ3) is 4.80. The minimum absolute atomic E-state index is 0.304. The molecule has 0 aliphatic rings. The van der Waals surface area contributed by atoms with Gasteiger partial charge in [0.15, 0.2) is 5.76 Å². The van der Waals surface area contributed by atoms with Gasteiger partial charge in [0, 0.05) is 29.4 Å². The third-order valence-corrected chi connectivity index (χ3v) is 7.04. The SMILES string of the molecule is CCN(CC)S(=O)(=O)c1cc(NCc2ncc(-c3cccc(Cl)c3)o2)ccc1C. The Labute approximate surface area is 176 Å². The van der Waals surface area contributed by atoms with E-state index in [9.17, 15) is 8.42 Å². The summed E-state index contributed by atoms with van der Waals surface area (Å²) in [7, 11) is -3.53. The largest absolute Gasteiger partial charge is 0.439 e. The fourth-order valence-electron chi connectivity index (χ4n) is 3.04. The lowest BCUT2D eigenvalue weighted by molar-refractivity contribution is 0.445. The van der Waals surface area contributed by atoms with Crippen molar-refractivity contribution in [3.05, 3.63) is 65.1 Å². The zero-order chi connectivity index (χ0) is 21.0. The first kappa shape index (κ1) is 21.4. The summed E-state index contributed by atoms with van der Waals surface area (Å²) in [5, 5.41) is 3.81. The van der Waals surface area contributed by atoms with Gasteiger partial charge >= 0.3 is 0 Å². The summed E-state index contributed by atoms with van der Waals surface area (Å²) >= 11 is 6.02. The van der Waals surface area contributed by atoms with Gasteiger partial charge < -0.3 is 9.73 Å². The molecule has 0 bridgehead atoms. The van der Waals surface area contributed by atoms with E-state index in [1.54, 1.807) is 31.3 Å². The lowest BCUT2D eigenvalue weighted by Gasteiger charge is -2.20. The molecule has 29 heavy (non-hydrogen) atoms. The van der Waals surface area contributed by atoms with Crippen molar-refractivity contribution in [1.29, 1.82) is 0 Å². The van der Waals surface area contributed by atoms with Crippen molar-refractivity contribution in [2.45, 2.75) is 32.2 Å². The highest BCUT2D eigenvalue weighted by atomic mass is 35.5. The molecule has 1 aromatic heterocycles. The predicted octanol–water partition coefficient (Wildman–Crippen LogP) is 4.95. The summed E-state index contributed by atoms with van der Waals surface area (Å²) in [6, 6.07) is 12.7. The van der Waals surface area contributed by atoms with Crippen LogP contribution in [0.2, 0.25) is 5.02 Å². The highest BCUT2D eigenvalue weighted by Crippen LogP contribution is 2.26. The number of rotatable bonds is 8. The quantitative estimate of drug-likeness (QED) is 0.544. The van der Waals surface area contributed by atoms with Crippen LogP contribution in [-0.2, 0) is 16.6 Å². The molecule has 1 heterocycles. The Kier molecular flexibility index (Phi) is 6.62. The van der Waals surface area contributed by atoms with E-state index in [4.69, 9.17) is 16.0 Å². The molecule has 0 unspecified atom stereocenters. The smallest absolute Gasteiger partial charge is 0.243 e. The van der Waals surface area contributed by atoms with Gasteiger partial charge in [-0.05, 0) is 36.8 Å². The average molecular weight is 434 g/mol. The average Bonchev–Trinajstić information content (AvgIpc) is 3.17. The van der Waals surface area contributed by atoms with E-state index in [2.05, 4.69) is 10.3 Å². The van der Waals surface area contributed by atoms with Gasteiger partial charge in [-0.1, -0.05) is 43.6 Å². The second kappa shape index (κ2) is 8.98. The summed E-state index contributed by atoms with van der Waals surface area (Å²) in [4.78, 5) is 4.59. The van der Waals surface area contributed by atoms with Gasteiger partial charge in [0.05, 0.1) is 17.6 Å². The normalized spacial score (nSPS) is 11.8. The highest BCUT2D eigenvalue weighted by molar-refractivity contribution is 7.89. The van der Waals surface area contributed by atoms with Crippen LogP contribution in [0.1, 0.15) is 25.3 Å². The molecular weight excluding hydrogens is 410 g/mol. The second-order valence-corrected chi connectivity index (χ2v) is 8.89. The van der Waals surface area contributed by atoms with E-state index >= 15 is 0 Å². The Morgan fingerprint density at radius 3 is 2.59 bits per heavy atom. The number of nitrogens with one attached hydrogen (secondary N) is 1. The number of aromatic nitrogens is 1. The first-order chi connectivity index (χ1) is 13.8. The van der Waals surface area contributed by atoms with Gasteiger partial charge in [0.25, 0.3) is 0 Å². The number of hydrogen-bond acceptors (Lipinski definition) is 5. The molecule has 0 saturated heterocycles. The van der Waals surface area contributed by atoms with Gasteiger partial charge in [0.2, 0.25) is 15.9 Å². The molecule has 3 aromatic rings. The van der Waals surface area contributed by atoms with E-state index in [0.717, 1.165) is 5.56 Å². The minimum Gasteiger partial charge on any atom is -0.439 e. The summed E-state index contributed by atoms with van der Waals surface area (Å²) in [6.45, 7) is 6.65. The lowest BCUT2D eigenvalue weighted by Crippen LogP contribution is -2.31. The maximum absolute atomic E-state index is 12.9. The Morgan fingerprint density at radius 2 is 1.90 bits per heavy atom. The molecule has 0 atom stereocenters. The third-order valence-electron chi connectivity index (χ3n) is 4.62. The maximum atomic E-state index is 12.9. The number of sulfonamides is 1. The molecule has 6 nitrogen and oxygen atoms in total. The monoisotopic (exact) mass is 433 g/mol. The molecule has 154 valence electrons. The van der Waals surface area contributed by atoms with E-state index in [-0.39, 0.29) is 0 Å². The van der Waals surface area contributed by atoms with E-state index in [1.807, 2.05) is 38.1 Å². The molecule has 0 radical (unpaired) electrons. The molecule has 8 heteroatoms. The Hall–Kier alpha value is -2.35. The van der Waals surface area contributed by atoms with Gasteiger partial charge in [-0.25, -0.2) is 13.4 Å². The molecule has 0 aliphatic heterocycles. The van der Waals surface area contributed by atoms with Crippen molar-refractivity contribution in [3.8, 4) is 11.3 Å². The second-order valence-electron chi connectivity index (χ2n) is 6.55. The van der Waals surface area contributed by atoms with Gasteiger partial charge in [-0.3, -0.25) is 0 Å². The fraction of sp³-hybridized carbons (Fsp3) is 0.286. The van der Waals surface area contributed by atoms with Gasteiger partial charge in [0.1, 0.15) is 0 Å². The first-order valence-corrected chi connectivity index (χ1v) is 11.2. The molecule has 0 amide bonds. The van der Waals surface area contributed by atoms with Crippen LogP contribution in [0.25, 0.3) is 11.3 Å². The van der Waals surface area contributed by atoms with E-state index in [0.29, 0.717) is 52.5 Å². The first-order valence-electron chi connectivity index (χ1n) is 9.40. The van der Waals surface area contributed by atoms with Crippen molar-refractivity contribution in [2.24, 2.45) is 0 Å². The predicted molar refractivity (Wildman–Crippen MR) is 116 cm³/mol. The molecule has 2 aromatic carbocycles. The van der Waals surface area contributed by atoms with Crippen molar-refractivity contribution < 1.29 is 12.8 Å². The molecule has 3 rings (SSSR count). The maximum Gasteiger partial charge on any atom is 0.243 e. The Morgan fingerprint density at radius 1 is 1.14 bits per heavy atom. The summed E-state index contributed by atoms with van der Waals surface area (Å²) < 4.78 is 33.0. The van der Waals surface area contributed by atoms with Crippen LogP contribution < -0.4 is 5.32 Å². The molecule has 0 saturated carbocycles. The zero-order valence-electron chi connectivity index (χ0n) is 16.6. The van der Waals surface area contributed by atoms with Crippen LogP contribution in [-0.4, -0.2) is 30.8 Å². The minimum atomic E-state index is -3.53. The van der Waals surface area contributed by atoms with Crippen LogP contribution in [0, 0.1) is 6.92 Å². The number of aryl methyl sites for hydroxylation is 1. The van der Waals surface area contributed by atoms with Crippen molar-refractivity contribution >= 4 is 27.3 Å². The standard InChI is InChI=1S/C21H24ClN3O3S/c1-4-25(5-2)29(26,27)20-12-18(10-9-15(20)3)23-14-21-24-13-19(28-21)16-7-6-8-17(22)11-16/h6-13,23H,4-5,14H2,1-3H3. The number of anilines is 1. The van der Waals surface area contributed by atoms with Crippen molar-refractivity contribution in [3.63, 3.8) is 0 Å². The highest BCUT2D eigenvalue weighted by Gasteiger charge is 2.23. The molecule has 0 fully saturated rings. The lowest BCUT2D eigenvalue weighted by atomic mass is 10.2. The topological polar surface area (TPSA) is 75.4 Å². The van der Waals surface area contributed by atoms with Crippen molar-refractivity contribution in [2.75, 3.05) is 18.4 Å². The molecular formula is C21H24ClN3O3S. The van der Waals surface area contributed by atoms with Crippen LogP contribution >= 0.6 is 11.6 Å². The zero-order valence-corrected chi connectivity index (χ0v) is 18.2. The van der Waals surface area contributed by atoms with Crippen LogP contribution in [0.15, 0.2) is 58.0 Å².